The number of aliphatic hydroxyl groups is 2. The molecule has 3 heteroatoms. The zero-order valence-corrected chi connectivity index (χ0v) is 7.01. The number of rotatable bonds is 5. The molecule has 0 heterocycles. The maximum Gasteiger partial charge on any atom is 0.0613 e. The smallest absolute Gasteiger partial charge is 0.0613 e. The van der Waals surface area contributed by atoms with E-state index in [1.165, 1.54) is 0 Å². The van der Waals surface area contributed by atoms with Gasteiger partial charge in [-0.2, -0.15) is 0 Å². The molecule has 0 aromatic carbocycles. The minimum absolute atomic E-state index is 0.0173. The molecule has 1 rings (SSSR count). The Bertz CT molecular complexity index is 123. The number of aliphatic hydroxyl groups excluding tert-OH is 2. The summed E-state index contributed by atoms with van der Waals surface area (Å²) in [5.74, 6) is 0.291. The minimum Gasteiger partial charge on any atom is -0.396 e. The van der Waals surface area contributed by atoms with Crippen molar-refractivity contribution in [3.05, 3.63) is 0 Å². The van der Waals surface area contributed by atoms with Gasteiger partial charge in [-0.1, -0.05) is 6.92 Å². The quantitative estimate of drug-likeness (QED) is 0.517. The summed E-state index contributed by atoms with van der Waals surface area (Å²) in [4.78, 5) is 0. The summed E-state index contributed by atoms with van der Waals surface area (Å²) in [6.45, 7) is 3.23. The normalized spacial score (nSPS) is 23.2. The highest BCUT2D eigenvalue weighted by Crippen LogP contribution is 2.34. The van der Waals surface area contributed by atoms with Crippen molar-refractivity contribution in [3.63, 3.8) is 0 Å². The van der Waals surface area contributed by atoms with Crippen molar-refractivity contribution in [1.82, 2.24) is 5.32 Å². The summed E-state index contributed by atoms with van der Waals surface area (Å²) in [6, 6.07) is 0. The molecule has 0 aromatic heterocycles. The topological polar surface area (TPSA) is 52.5 Å². The van der Waals surface area contributed by atoms with Crippen LogP contribution in [0.4, 0.5) is 0 Å². The predicted molar refractivity (Wildman–Crippen MR) is 43.3 cm³/mol. The van der Waals surface area contributed by atoms with Crippen molar-refractivity contribution >= 4 is 0 Å². The van der Waals surface area contributed by atoms with Crippen LogP contribution in [0, 0.1) is 5.92 Å². The van der Waals surface area contributed by atoms with Crippen LogP contribution in [-0.4, -0.2) is 35.5 Å². The first kappa shape index (κ1) is 8.97. The van der Waals surface area contributed by atoms with Gasteiger partial charge in [0.05, 0.1) is 6.61 Å². The van der Waals surface area contributed by atoms with E-state index < -0.39 is 0 Å². The zero-order chi connectivity index (χ0) is 8.32. The maximum atomic E-state index is 8.92. The highest BCUT2D eigenvalue weighted by Gasteiger charge is 2.41. The fourth-order valence-electron chi connectivity index (χ4n) is 0.997. The molecule has 3 N–H and O–H groups in total. The van der Waals surface area contributed by atoms with E-state index in [9.17, 15) is 0 Å². The van der Waals surface area contributed by atoms with E-state index in [1.807, 2.05) is 6.92 Å². The molecule has 1 aliphatic rings. The largest absolute Gasteiger partial charge is 0.396 e. The van der Waals surface area contributed by atoms with Gasteiger partial charge >= 0.3 is 0 Å². The molecule has 1 saturated carbocycles. The molecular formula is C8H17NO2. The van der Waals surface area contributed by atoms with E-state index in [-0.39, 0.29) is 18.8 Å². The molecule has 1 fully saturated rings. The number of hydrogen-bond acceptors (Lipinski definition) is 3. The van der Waals surface area contributed by atoms with E-state index in [2.05, 4.69) is 5.32 Å². The lowest BCUT2D eigenvalue weighted by Gasteiger charge is -2.16. The Labute approximate surface area is 67.4 Å². The molecule has 1 aliphatic carbocycles. The maximum absolute atomic E-state index is 8.92. The van der Waals surface area contributed by atoms with Crippen LogP contribution in [0.1, 0.15) is 19.8 Å². The Kier molecular flexibility index (Phi) is 2.87. The summed E-state index contributed by atoms with van der Waals surface area (Å²) in [7, 11) is 0. The first-order chi connectivity index (χ1) is 5.22. The second kappa shape index (κ2) is 3.52. The summed E-state index contributed by atoms with van der Waals surface area (Å²) < 4.78 is 0. The molecule has 0 radical (unpaired) electrons. The molecule has 66 valence electrons. The molecule has 0 aromatic rings. The summed E-state index contributed by atoms with van der Waals surface area (Å²) in [5, 5.41) is 20.9. The van der Waals surface area contributed by atoms with Crippen molar-refractivity contribution in [1.29, 1.82) is 0 Å². The fraction of sp³-hybridized carbons (Fsp3) is 1.00. The second-order valence-corrected chi connectivity index (χ2v) is 3.61. The van der Waals surface area contributed by atoms with Crippen molar-refractivity contribution in [3.8, 4) is 0 Å². The van der Waals surface area contributed by atoms with Crippen molar-refractivity contribution in [2.45, 2.75) is 25.3 Å². The number of hydrogen-bond donors (Lipinski definition) is 3. The van der Waals surface area contributed by atoms with Crippen LogP contribution < -0.4 is 5.32 Å². The third-order valence-electron chi connectivity index (χ3n) is 2.29. The molecule has 11 heavy (non-hydrogen) atoms. The van der Waals surface area contributed by atoms with Gasteiger partial charge in [-0.15, -0.1) is 0 Å². The lowest BCUT2D eigenvalue weighted by molar-refractivity contribution is 0.201. The van der Waals surface area contributed by atoms with Crippen LogP contribution in [0.2, 0.25) is 0 Å². The first-order valence-corrected chi connectivity index (χ1v) is 4.19. The molecule has 0 bridgehead atoms. The van der Waals surface area contributed by atoms with Gasteiger partial charge in [-0.25, -0.2) is 0 Å². The highest BCUT2D eigenvalue weighted by molar-refractivity contribution is 5.01. The van der Waals surface area contributed by atoms with E-state index in [0.717, 1.165) is 19.4 Å². The van der Waals surface area contributed by atoms with Crippen LogP contribution in [0.5, 0.6) is 0 Å². The Balaban J connectivity index is 2.11. The van der Waals surface area contributed by atoms with E-state index in [1.54, 1.807) is 0 Å². The van der Waals surface area contributed by atoms with Gasteiger partial charge in [-0.3, -0.25) is 0 Å². The Morgan fingerprint density at radius 1 is 1.45 bits per heavy atom. The third-order valence-corrected chi connectivity index (χ3v) is 2.29. The van der Waals surface area contributed by atoms with Gasteiger partial charge in [0.2, 0.25) is 0 Å². The lowest BCUT2D eigenvalue weighted by Crippen LogP contribution is -2.38. The van der Waals surface area contributed by atoms with Gasteiger partial charge in [-0.05, 0) is 18.8 Å². The zero-order valence-electron chi connectivity index (χ0n) is 7.01. The molecule has 0 amide bonds. The average Bonchev–Trinajstić information content (AvgIpc) is 2.81. The van der Waals surface area contributed by atoms with Crippen molar-refractivity contribution in [2.24, 2.45) is 5.92 Å². The van der Waals surface area contributed by atoms with Gasteiger partial charge in [0.1, 0.15) is 0 Å². The van der Waals surface area contributed by atoms with E-state index >= 15 is 0 Å². The molecule has 0 saturated heterocycles. The third kappa shape index (κ3) is 2.43. The van der Waals surface area contributed by atoms with Crippen molar-refractivity contribution < 1.29 is 10.2 Å². The van der Waals surface area contributed by atoms with Crippen LogP contribution in [0.25, 0.3) is 0 Å². The SMILES string of the molecule is CC(CO)CNC1(CO)CC1. The number of nitrogens with one attached hydrogen (secondary N) is 1. The van der Waals surface area contributed by atoms with Gasteiger partial charge in [0.25, 0.3) is 0 Å². The van der Waals surface area contributed by atoms with E-state index in [4.69, 9.17) is 10.2 Å². The van der Waals surface area contributed by atoms with Gasteiger partial charge in [0.15, 0.2) is 0 Å². The first-order valence-electron chi connectivity index (χ1n) is 4.19. The predicted octanol–water partition coefficient (Wildman–Crippen LogP) is -0.271. The molecular weight excluding hydrogens is 142 g/mol. The molecule has 3 nitrogen and oxygen atoms in total. The van der Waals surface area contributed by atoms with Gasteiger partial charge < -0.3 is 15.5 Å². The highest BCUT2D eigenvalue weighted by atomic mass is 16.3. The Hall–Kier alpha value is -0.120. The van der Waals surface area contributed by atoms with Crippen LogP contribution in [0.15, 0.2) is 0 Å². The van der Waals surface area contributed by atoms with E-state index in [0.29, 0.717) is 5.92 Å². The molecule has 1 unspecified atom stereocenters. The Morgan fingerprint density at radius 3 is 2.45 bits per heavy atom. The summed E-state index contributed by atoms with van der Waals surface area (Å²) in [6.07, 6.45) is 2.14. The summed E-state index contributed by atoms with van der Waals surface area (Å²) >= 11 is 0. The molecule has 0 spiro atoms. The molecule has 1 atom stereocenters. The second-order valence-electron chi connectivity index (χ2n) is 3.61. The standard InChI is InChI=1S/C8H17NO2/c1-7(5-10)4-9-8(6-11)2-3-8/h7,9-11H,2-6H2,1H3. The molecule has 0 aliphatic heterocycles. The fourth-order valence-corrected chi connectivity index (χ4v) is 0.997. The van der Waals surface area contributed by atoms with Gasteiger partial charge in [0, 0.05) is 18.7 Å². The van der Waals surface area contributed by atoms with Crippen molar-refractivity contribution in [2.75, 3.05) is 19.8 Å². The average molecular weight is 159 g/mol. The summed E-state index contributed by atoms with van der Waals surface area (Å²) in [5.41, 5.74) is 0.0173. The lowest BCUT2D eigenvalue weighted by atomic mass is 10.2. The van der Waals surface area contributed by atoms with Crippen LogP contribution in [0.3, 0.4) is 0 Å². The van der Waals surface area contributed by atoms with Crippen LogP contribution in [-0.2, 0) is 0 Å². The van der Waals surface area contributed by atoms with Crippen LogP contribution >= 0.6 is 0 Å². The monoisotopic (exact) mass is 159 g/mol. The Morgan fingerprint density at radius 2 is 2.09 bits per heavy atom. The minimum atomic E-state index is 0.0173.